The molecule has 0 aromatic rings. The molecule has 0 radical (unpaired) electrons. The molecule has 1 heterocycles. The average Bonchev–Trinajstić information content (AvgIpc) is 2.92. The highest BCUT2D eigenvalue weighted by molar-refractivity contribution is 4.85. The third kappa shape index (κ3) is 4.44. The van der Waals surface area contributed by atoms with Gasteiger partial charge in [-0.3, -0.25) is 0 Å². The SMILES string of the molecule is CCNC(CN(C)C1CCCC(C)C1)C1CCOC1. The number of likely N-dealkylation sites (N-methyl/N-ethyl adjacent to an activating group) is 2. The summed E-state index contributed by atoms with van der Waals surface area (Å²) >= 11 is 0. The van der Waals surface area contributed by atoms with Crippen molar-refractivity contribution in [3.63, 3.8) is 0 Å². The minimum Gasteiger partial charge on any atom is -0.381 e. The van der Waals surface area contributed by atoms with Crippen LogP contribution >= 0.6 is 0 Å². The van der Waals surface area contributed by atoms with Crippen LogP contribution in [0.1, 0.15) is 46.0 Å². The second-order valence-electron chi connectivity index (χ2n) is 6.65. The first-order valence-electron chi connectivity index (χ1n) is 8.22. The van der Waals surface area contributed by atoms with Gasteiger partial charge in [0.25, 0.3) is 0 Å². The van der Waals surface area contributed by atoms with Crippen LogP contribution in [0.4, 0.5) is 0 Å². The molecule has 1 saturated carbocycles. The Morgan fingerprint density at radius 3 is 2.79 bits per heavy atom. The molecular formula is C16H32N2O. The largest absolute Gasteiger partial charge is 0.381 e. The van der Waals surface area contributed by atoms with Gasteiger partial charge in [-0.15, -0.1) is 0 Å². The summed E-state index contributed by atoms with van der Waals surface area (Å²) in [5, 5.41) is 3.68. The molecule has 1 N–H and O–H groups in total. The van der Waals surface area contributed by atoms with Gasteiger partial charge in [0.05, 0.1) is 6.61 Å². The molecule has 0 bridgehead atoms. The van der Waals surface area contributed by atoms with Crippen molar-refractivity contribution in [2.24, 2.45) is 11.8 Å². The molecule has 1 aliphatic heterocycles. The minimum absolute atomic E-state index is 0.606. The summed E-state index contributed by atoms with van der Waals surface area (Å²) in [7, 11) is 2.32. The van der Waals surface area contributed by atoms with Gasteiger partial charge in [0, 0.05) is 31.2 Å². The number of nitrogens with zero attached hydrogens (tertiary/aromatic N) is 1. The van der Waals surface area contributed by atoms with Gasteiger partial charge in [-0.1, -0.05) is 26.7 Å². The Morgan fingerprint density at radius 2 is 2.16 bits per heavy atom. The predicted molar refractivity (Wildman–Crippen MR) is 80.4 cm³/mol. The van der Waals surface area contributed by atoms with Crippen molar-refractivity contribution >= 4 is 0 Å². The van der Waals surface area contributed by atoms with Crippen LogP contribution in [0.15, 0.2) is 0 Å². The molecule has 112 valence electrons. The van der Waals surface area contributed by atoms with Crippen LogP contribution in [0, 0.1) is 11.8 Å². The molecule has 0 aromatic carbocycles. The van der Waals surface area contributed by atoms with E-state index in [2.05, 4.69) is 31.1 Å². The van der Waals surface area contributed by atoms with Crippen molar-refractivity contribution in [3.8, 4) is 0 Å². The van der Waals surface area contributed by atoms with E-state index in [0.29, 0.717) is 12.0 Å². The maximum absolute atomic E-state index is 5.57. The summed E-state index contributed by atoms with van der Waals surface area (Å²) in [6.45, 7) is 8.77. The highest BCUT2D eigenvalue weighted by atomic mass is 16.5. The van der Waals surface area contributed by atoms with E-state index in [4.69, 9.17) is 4.74 Å². The third-order valence-corrected chi connectivity index (χ3v) is 5.02. The topological polar surface area (TPSA) is 24.5 Å². The quantitative estimate of drug-likeness (QED) is 0.801. The molecule has 0 aromatic heterocycles. The molecule has 19 heavy (non-hydrogen) atoms. The molecule has 3 heteroatoms. The maximum atomic E-state index is 5.57. The van der Waals surface area contributed by atoms with Gasteiger partial charge >= 0.3 is 0 Å². The fourth-order valence-corrected chi connectivity index (χ4v) is 3.77. The zero-order valence-corrected chi connectivity index (χ0v) is 13.0. The standard InChI is InChI=1S/C16H32N2O/c1-4-17-16(14-8-9-19-12-14)11-18(3)15-7-5-6-13(2)10-15/h13-17H,4-12H2,1-3H3. The summed E-state index contributed by atoms with van der Waals surface area (Å²) in [5.74, 6) is 1.62. The third-order valence-electron chi connectivity index (χ3n) is 5.02. The van der Waals surface area contributed by atoms with E-state index in [1.54, 1.807) is 0 Å². The van der Waals surface area contributed by atoms with E-state index >= 15 is 0 Å². The molecule has 1 saturated heterocycles. The minimum atomic E-state index is 0.606. The summed E-state index contributed by atoms with van der Waals surface area (Å²) in [5.41, 5.74) is 0. The van der Waals surface area contributed by atoms with Crippen LogP contribution in [0.5, 0.6) is 0 Å². The molecular weight excluding hydrogens is 236 g/mol. The Bertz CT molecular complexity index is 253. The lowest BCUT2D eigenvalue weighted by Gasteiger charge is -2.37. The van der Waals surface area contributed by atoms with Crippen LogP contribution in [-0.2, 0) is 4.74 Å². The summed E-state index contributed by atoms with van der Waals surface area (Å²) in [6.07, 6.45) is 6.84. The average molecular weight is 268 g/mol. The molecule has 1 aliphatic carbocycles. The first kappa shape index (κ1) is 15.3. The molecule has 3 nitrogen and oxygen atoms in total. The van der Waals surface area contributed by atoms with Crippen LogP contribution in [-0.4, -0.2) is 50.3 Å². The van der Waals surface area contributed by atoms with E-state index in [9.17, 15) is 0 Å². The van der Waals surface area contributed by atoms with E-state index in [1.807, 2.05) is 0 Å². The van der Waals surface area contributed by atoms with Crippen molar-refractivity contribution in [3.05, 3.63) is 0 Å². The lowest BCUT2D eigenvalue weighted by atomic mass is 9.86. The second kappa shape index (κ2) is 7.61. The normalized spacial score (nSPS) is 33.8. The van der Waals surface area contributed by atoms with Crippen LogP contribution in [0.2, 0.25) is 0 Å². The smallest absolute Gasteiger partial charge is 0.0510 e. The molecule has 4 unspecified atom stereocenters. The van der Waals surface area contributed by atoms with E-state index in [1.165, 1.54) is 38.6 Å². The van der Waals surface area contributed by atoms with Gasteiger partial charge < -0.3 is 15.0 Å². The van der Waals surface area contributed by atoms with Crippen LogP contribution < -0.4 is 5.32 Å². The number of hydrogen-bond donors (Lipinski definition) is 1. The molecule has 2 rings (SSSR count). The van der Waals surface area contributed by atoms with Gasteiger partial charge in [-0.2, -0.15) is 0 Å². The van der Waals surface area contributed by atoms with Gasteiger partial charge in [-0.25, -0.2) is 0 Å². The molecule has 0 spiro atoms. The van der Waals surface area contributed by atoms with E-state index in [-0.39, 0.29) is 0 Å². The second-order valence-corrected chi connectivity index (χ2v) is 6.65. The fraction of sp³-hybridized carbons (Fsp3) is 1.00. The number of rotatable bonds is 6. The van der Waals surface area contributed by atoms with E-state index < -0.39 is 0 Å². The Balaban J connectivity index is 1.84. The summed E-state index contributed by atoms with van der Waals surface area (Å²) < 4.78 is 5.57. The number of ether oxygens (including phenoxy) is 1. The van der Waals surface area contributed by atoms with Crippen LogP contribution in [0.25, 0.3) is 0 Å². The fourth-order valence-electron chi connectivity index (χ4n) is 3.77. The monoisotopic (exact) mass is 268 g/mol. The highest BCUT2D eigenvalue weighted by Gasteiger charge is 2.29. The Kier molecular flexibility index (Phi) is 6.11. The van der Waals surface area contributed by atoms with Gasteiger partial charge in [0.1, 0.15) is 0 Å². The zero-order chi connectivity index (χ0) is 13.7. The zero-order valence-electron chi connectivity index (χ0n) is 13.0. The molecule has 2 fully saturated rings. The van der Waals surface area contributed by atoms with Crippen molar-refractivity contribution in [1.82, 2.24) is 10.2 Å². The lowest BCUT2D eigenvalue weighted by Crippen LogP contribution is -2.48. The summed E-state index contributed by atoms with van der Waals surface area (Å²) in [6, 6.07) is 1.40. The first-order chi connectivity index (χ1) is 9.20. The number of hydrogen-bond acceptors (Lipinski definition) is 3. The highest BCUT2D eigenvalue weighted by Crippen LogP contribution is 2.27. The Morgan fingerprint density at radius 1 is 1.32 bits per heavy atom. The van der Waals surface area contributed by atoms with Gasteiger partial charge in [0.15, 0.2) is 0 Å². The molecule has 0 amide bonds. The van der Waals surface area contributed by atoms with Crippen molar-refractivity contribution in [2.45, 2.75) is 58.0 Å². The van der Waals surface area contributed by atoms with Crippen molar-refractivity contribution in [2.75, 3.05) is 33.4 Å². The molecule has 4 atom stereocenters. The Hall–Kier alpha value is -0.120. The van der Waals surface area contributed by atoms with Crippen molar-refractivity contribution < 1.29 is 4.74 Å². The van der Waals surface area contributed by atoms with Crippen LogP contribution in [0.3, 0.4) is 0 Å². The summed E-state index contributed by atoms with van der Waals surface area (Å²) in [4.78, 5) is 2.61. The lowest BCUT2D eigenvalue weighted by molar-refractivity contribution is 0.128. The first-order valence-corrected chi connectivity index (χ1v) is 8.22. The van der Waals surface area contributed by atoms with E-state index in [0.717, 1.165) is 31.7 Å². The van der Waals surface area contributed by atoms with Gasteiger partial charge in [0.2, 0.25) is 0 Å². The number of nitrogens with one attached hydrogen (secondary N) is 1. The van der Waals surface area contributed by atoms with Gasteiger partial charge in [-0.05, 0) is 38.8 Å². The predicted octanol–water partition coefficient (Wildman–Crippen LogP) is 2.51. The molecule has 2 aliphatic rings. The van der Waals surface area contributed by atoms with Crippen molar-refractivity contribution in [1.29, 1.82) is 0 Å². The maximum Gasteiger partial charge on any atom is 0.0510 e. The Labute approximate surface area is 119 Å².